The van der Waals surface area contributed by atoms with Crippen LogP contribution in [0.2, 0.25) is 5.02 Å². The second-order valence-corrected chi connectivity index (χ2v) is 10.6. The molecule has 0 bridgehead atoms. The number of fused-ring (bicyclic) bond motifs is 1. The van der Waals surface area contributed by atoms with Crippen LogP contribution >= 0.6 is 11.6 Å². The van der Waals surface area contributed by atoms with E-state index >= 15 is 0 Å². The van der Waals surface area contributed by atoms with Crippen LogP contribution in [-0.4, -0.2) is 37.0 Å². The molecule has 7 nitrogen and oxygen atoms in total. The summed E-state index contributed by atoms with van der Waals surface area (Å²) in [7, 11) is -3.49. The Balaban J connectivity index is 1.60. The van der Waals surface area contributed by atoms with Crippen LogP contribution in [0.1, 0.15) is 19.6 Å². The van der Waals surface area contributed by atoms with Gasteiger partial charge in [-0.3, -0.25) is 0 Å². The van der Waals surface area contributed by atoms with Gasteiger partial charge in [-0.25, -0.2) is 13.2 Å². The smallest absolute Gasteiger partial charge is 0.405 e. The number of furan rings is 1. The fourth-order valence-electron chi connectivity index (χ4n) is 3.63. The van der Waals surface area contributed by atoms with Gasteiger partial charge < -0.3 is 14.8 Å². The van der Waals surface area contributed by atoms with Crippen molar-refractivity contribution < 1.29 is 22.7 Å². The predicted molar refractivity (Wildman–Crippen MR) is 114 cm³/mol. The van der Waals surface area contributed by atoms with Gasteiger partial charge in [0.2, 0.25) is 10.0 Å². The van der Waals surface area contributed by atoms with Gasteiger partial charge in [0.25, 0.3) is 0 Å². The molecule has 2 heterocycles. The van der Waals surface area contributed by atoms with Gasteiger partial charge in [0, 0.05) is 18.5 Å². The third kappa shape index (κ3) is 3.90. The number of amides is 1. The molecule has 0 spiro atoms. The molecular weight excluding hydrogens is 428 g/mol. The molecular formula is C21H21ClN2O5S. The number of halogens is 1. The molecule has 1 aromatic heterocycles. The molecule has 1 aliphatic heterocycles. The monoisotopic (exact) mass is 448 g/mol. The van der Waals surface area contributed by atoms with Crippen LogP contribution < -0.4 is 5.32 Å². The van der Waals surface area contributed by atoms with E-state index in [1.807, 2.05) is 19.9 Å². The van der Waals surface area contributed by atoms with Gasteiger partial charge in [0.15, 0.2) is 5.58 Å². The Morgan fingerprint density at radius 1 is 1.17 bits per heavy atom. The maximum Gasteiger partial charge on any atom is 0.405 e. The number of hydrogen-bond acceptors (Lipinski definition) is 4. The normalized spacial score (nSPS) is 16.4. The third-order valence-corrected chi connectivity index (χ3v) is 7.16. The number of sulfonamides is 1. The minimum atomic E-state index is -3.49. The Hall–Kier alpha value is -2.55. The summed E-state index contributed by atoms with van der Waals surface area (Å²) in [5, 5.41) is 12.1. The summed E-state index contributed by atoms with van der Waals surface area (Å²) in [5.74, 6) is 0.449. The molecule has 2 N–H and O–H groups in total. The third-order valence-electron chi connectivity index (χ3n) is 5.07. The van der Waals surface area contributed by atoms with Gasteiger partial charge in [0.05, 0.1) is 16.5 Å². The van der Waals surface area contributed by atoms with Crippen LogP contribution in [-0.2, 0) is 16.6 Å². The van der Waals surface area contributed by atoms with Crippen LogP contribution in [0.3, 0.4) is 0 Å². The molecule has 0 atom stereocenters. The number of nitrogens with zero attached hydrogens (tertiary/aromatic N) is 1. The van der Waals surface area contributed by atoms with E-state index in [0.29, 0.717) is 29.5 Å². The van der Waals surface area contributed by atoms with Crippen molar-refractivity contribution in [3.8, 4) is 11.1 Å². The van der Waals surface area contributed by atoms with E-state index in [1.54, 1.807) is 36.4 Å². The molecule has 158 valence electrons. The summed E-state index contributed by atoms with van der Waals surface area (Å²) < 4.78 is 32.6. The Labute approximate surface area is 179 Å². The second kappa shape index (κ2) is 7.30. The number of benzene rings is 2. The number of hydrogen-bond donors (Lipinski definition) is 2. The lowest BCUT2D eigenvalue weighted by Crippen LogP contribution is -2.55. The van der Waals surface area contributed by atoms with E-state index in [4.69, 9.17) is 21.1 Å². The molecule has 1 saturated heterocycles. The van der Waals surface area contributed by atoms with Crippen LogP contribution in [0.25, 0.3) is 22.1 Å². The van der Waals surface area contributed by atoms with Crippen molar-refractivity contribution in [1.82, 2.24) is 9.62 Å². The Morgan fingerprint density at radius 2 is 1.83 bits per heavy atom. The fraction of sp³-hybridized carbons (Fsp3) is 0.286. The van der Waals surface area contributed by atoms with Crippen molar-refractivity contribution in [2.45, 2.75) is 25.3 Å². The first kappa shape index (κ1) is 20.7. The number of nitrogens with one attached hydrogen (secondary N) is 1. The van der Waals surface area contributed by atoms with Gasteiger partial charge in [0.1, 0.15) is 5.76 Å². The summed E-state index contributed by atoms with van der Waals surface area (Å²) in [4.78, 5) is 10.9. The first-order valence-corrected chi connectivity index (χ1v) is 11.2. The van der Waals surface area contributed by atoms with E-state index in [9.17, 15) is 13.2 Å². The summed E-state index contributed by atoms with van der Waals surface area (Å²) in [6, 6.07) is 12.0. The lowest BCUT2D eigenvalue weighted by molar-refractivity contribution is 0.111. The van der Waals surface area contributed by atoms with Gasteiger partial charge in [-0.2, -0.15) is 4.31 Å². The zero-order chi connectivity index (χ0) is 21.7. The van der Waals surface area contributed by atoms with Crippen molar-refractivity contribution in [1.29, 1.82) is 0 Å². The average molecular weight is 449 g/mol. The molecule has 30 heavy (non-hydrogen) atoms. The van der Waals surface area contributed by atoms with Gasteiger partial charge in [-0.1, -0.05) is 37.6 Å². The van der Waals surface area contributed by atoms with Gasteiger partial charge >= 0.3 is 6.09 Å². The van der Waals surface area contributed by atoms with E-state index in [0.717, 1.165) is 16.5 Å². The van der Waals surface area contributed by atoms with Crippen molar-refractivity contribution >= 4 is 38.7 Å². The Bertz CT molecular complexity index is 1220. The molecule has 1 aliphatic rings. The van der Waals surface area contributed by atoms with E-state index in [-0.39, 0.29) is 16.9 Å². The summed E-state index contributed by atoms with van der Waals surface area (Å²) in [5.41, 5.74) is 2.11. The van der Waals surface area contributed by atoms with Crippen molar-refractivity contribution in [2.24, 2.45) is 5.41 Å². The highest BCUT2D eigenvalue weighted by molar-refractivity contribution is 7.89. The summed E-state index contributed by atoms with van der Waals surface area (Å²) in [6.45, 7) is 5.16. The lowest BCUT2D eigenvalue weighted by Gasteiger charge is -2.44. The standard InChI is InChI=1S/C21H21ClN2O5S/c1-21(2)11-24(12-21)30(27,28)17-5-3-13(4-6-17)14-7-15-8-16(10-23-20(25)26)29-19(15)18(22)9-14/h3-9,23H,10-12H2,1-2H3,(H,25,26). The minimum Gasteiger partial charge on any atom is -0.465 e. The molecule has 1 amide bonds. The molecule has 0 aliphatic carbocycles. The Kier molecular flexibility index (Phi) is 5.04. The molecule has 9 heteroatoms. The molecule has 1 fully saturated rings. The lowest BCUT2D eigenvalue weighted by atomic mass is 9.87. The topological polar surface area (TPSA) is 99.9 Å². The van der Waals surface area contributed by atoms with E-state index in [2.05, 4.69) is 5.32 Å². The highest BCUT2D eigenvalue weighted by Gasteiger charge is 2.41. The van der Waals surface area contributed by atoms with Crippen molar-refractivity contribution in [3.63, 3.8) is 0 Å². The first-order chi connectivity index (χ1) is 14.0. The quantitative estimate of drug-likeness (QED) is 0.596. The maximum absolute atomic E-state index is 12.7. The van der Waals surface area contributed by atoms with Crippen molar-refractivity contribution in [2.75, 3.05) is 13.1 Å². The van der Waals surface area contributed by atoms with Crippen molar-refractivity contribution in [3.05, 3.63) is 53.2 Å². The van der Waals surface area contributed by atoms with E-state index < -0.39 is 16.1 Å². The molecule has 4 rings (SSSR count). The molecule has 0 unspecified atom stereocenters. The minimum absolute atomic E-state index is 0.0165. The number of carboxylic acid groups (broad SMARTS) is 1. The zero-order valence-electron chi connectivity index (χ0n) is 16.5. The van der Waals surface area contributed by atoms with Crippen LogP contribution in [0.4, 0.5) is 4.79 Å². The second-order valence-electron chi connectivity index (χ2n) is 8.21. The highest BCUT2D eigenvalue weighted by Crippen LogP contribution is 2.36. The molecule has 0 saturated carbocycles. The molecule has 3 aromatic rings. The largest absolute Gasteiger partial charge is 0.465 e. The predicted octanol–water partition coefficient (Wildman–Crippen LogP) is 4.55. The zero-order valence-corrected chi connectivity index (χ0v) is 18.0. The van der Waals surface area contributed by atoms with Gasteiger partial charge in [-0.05, 0) is 46.9 Å². The van der Waals surface area contributed by atoms with Gasteiger partial charge in [-0.15, -0.1) is 0 Å². The Morgan fingerprint density at radius 3 is 2.43 bits per heavy atom. The summed E-state index contributed by atoms with van der Waals surface area (Å²) in [6.07, 6.45) is -1.14. The molecule has 2 aromatic carbocycles. The maximum atomic E-state index is 12.7. The van der Waals surface area contributed by atoms with E-state index in [1.165, 1.54) is 4.31 Å². The fourth-order valence-corrected chi connectivity index (χ4v) is 5.71. The number of carbonyl (C=O) groups is 1. The molecule has 0 radical (unpaired) electrons. The highest BCUT2D eigenvalue weighted by atomic mass is 35.5. The first-order valence-electron chi connectivity index (χ1n) is 9.35. The van der Waals surface area contributed by atoms with Crippen LogP contribution in [0, 0.1) is 5.41 Å². The van der Waals surface area contributed by atoms with Crippen LogP contribution in [0.5, 0.6) is 0 Å². The van der Waals surface area contributed by atoms with Crippen LogP contribution in [0.15, 0.2) is 51.8 Å². The SMILES string of the molecule is CC1(C)CN(S(=O)(=O)c2ccc(-c3cc(Cl)c4oc(CNC(=O)O)cc4c3)cc2)C1. The number of rotatable bonds is 5. The summed E-state index contributed by atoms with van der Waals surface area (Å²) >= 11 is 6.35. The average Bonchev–Trinajstić information content (AvgIpc) is 3.08.